The first kappa shape index (κ1) is 16.0. The van der Waals surface area contributed by atoms with Gasteiger partial charge < -0.3 is 15.5 Å². The van der Waals surface area contributed by atoms with Crippen LogP contribution in [0.3, 0.4) is 0 Å². The van der Waals surface area contributed by atoms with Crippen molar-refractivity contribution in [2.24, 2.45) is 5.73 Å². The van der Waals surface area contributed by atoms with E-state index in [1.54, 1.807) is 0 Å². The zero-order chi connectivity index (χ0) is 16.5. The van der Waals surface area contributed by atoms with Crippen LogP contribution >= 0.6 is 0 Å². The molecule has 2 unspecified atom stereocenters. The van der Waals surface area contributed by atoms with Crippen molar-refractivity contribution in [3.8, 4) is 0 Å². The molecule has 2 N–H and O–H groups in total. The summed E-state index contributed by atoms with van der Waals surface area (Å²) in [4.78, 5) is 5.26. The summed E-state index contributed by atoms with van der Waals surface area (Å²) >= 11 is 0. The molecule has 3 nitrogen and oxygen atoms in total. The van der Waals surface area contributed by atoms with Crippen LogP contribution in [0.1, 0.15) is 56.9 Å². The molecule has 1 aromatic carbocycles. The molecule has 2 atom stereocenters. The number of nitrogens with two attached hydrogens (primary N) is 1. The zero-order valence-electron chi connectivity index (χ0n) is 15.0. The van der Waals surface area contributed by atoms with Crippen molar-refractivity contribution in [3.63, 3.8) is 0 Å². The van der Waals surface area contributed by atoms with Crippen LogP contribution in [-0.2, 0) is 0 Å². The molecule has 2 heterocycles. The first-order valence-corrected chi connectivity index (χ1v) is 9.80. The molecule has 0 bridgehead atoms. The van der Waals surface area contributed by atoms with Crippen molar-refractivity contribution < 1.29 is 0 Å². The average Bonchev–Trinajstić information content (AvgIpc) is 2.63. The Hall–Kier alpha value is -1.48. The second-order valence-corrected chi connectivity index (χ2v) is 7.83. The number of piperidine rings is 1. The fourth-order valence-corrected chi connectivity index (χ4v) is 5.02. The minimum Gasteiger partial charge on any atom is -0.398 e. The summed E-state index contributed by atoms with van der Waals surface area (Å²) in [5, 5.41) is 0. The van der Waals surface area contributed by atoms with Gasteiger partial charge in [-0.2, -0.15) is 0 Å². The second-order valence-electron chi connectivity index (χ2n) is 7.83. The largest absolute Gasteiger partial charge is 0.398 e. The Morgan fingerprint density at radius 2 is 1.92 bits per heavy atom. The van der Waals surface area contributed by atoms with E-state index in [1.165, 1.54) is 74.7 Å². The first-order chi connectivity index (χ1) is 11.8. The van der Waals surface area contributed by atoms with Gasteiger partial charge in [-0.25, -0.2) is 0 Å². The smallest absolute Gasteiger partial charge is 0.0525 e. The molecule has 1 saturated heterocycles. The van der Waals surface area contributed by atoms with E-state index in [9.17, 15) is 0 Å². The van der Waals surface area contributed by atoms with Gasteiger partial charge in [-0.05, 0) is 63.8 Å². The molecule has 24 heavy (non-hydrogen) atoms. The lowest BCUT2D eigenvalue weighted by Crippen LogP contribution is -2.45. The molecular formula is C21H31N3. The molecule has 0 radical (unpaired) electrons. The predicted octanol–water partition coefficient (Wildman–Crippen LogP) is 3.99. The van der Waals surface area contributed by atoms with Gasteiger partial charge in [0.05, 0.1) is 6.04 Å². The van der Waals surface area contributed by atoms with Crippen LogP contribution in [-0.4, -0.2) is 37.1 Å². The van der Waals surface area contributed by atoms with Gasteiger partial charge in [-0.1, -0.05) is 31.0 Å². The standard InChI is InChI=1S/C21H31N3/c1-23-14-7-6-8-16(23)13-15-24-19-11-4-2-9-17(19)21(22)18-10-3-5-12-20(18)24/h2,4,9,11,16,20H,3,5-8,10,12-15,22H2,1H3. The maximum absolute atomic E-state index is 6.57. The summed E-state index contributed by atoms with van der Waals surface area (Å²) in [6.07, 6.45) is 10.5. The van der Waals surface area contributed by atoms with Gasteiger partial charge in [0.1, 0.15) is 0 Å². The number of nitrogens with zero attached hydrogens (tertiary/aromatic N) is 2. The SMILES string of the molecule is CN1CCCCC1CCN1c2ccccc2C(N)=C2CCCCC21. The number of rotatable bonds is 3. The van der Waals surface area contributed by atoms with Crippen molar-refractivity contribution in [1.29, 1.82) is 0 Å². The Morgan fingerprint density at radius 1 is 1.08 bits per heavy atom. The van der Waals surface area contributed by atoms with E-state index < -0.39 is 0 Å². The third-order valence-electron chi connectivity index (χ3n) is 6.43. The van der Waals surface area contributed by atoms with E-state index in [-0.39, 0.29) is 0 Å². The predicted molar refractivity (Wildman–Crippen MR) is 102 cm³/mol. The number of benzene rings is 1. The van der Waals surface area contributed by atoms with Gasteiger partial charge in [0.2, 0.25) is 0 Å². The highest BCUT2D eigenvalue weighted by atomic mass is 15.2. The van der Waals surface area contributed by atoms with Crippen LogP contribution in [0.25, 0.3) is 5.70 Å². The highest BCUT2D eigenvalue weighted by molar-refractivity contribution is 5.82. The monoisotopic (exact) mass is 325 g/mol. The molecule has 3 heteroatoms. The van der Waals surface area contributed by atoms with Crippen LogP contribution in [0.5, 0.6) is 0 Å². The fourth-order valence-electron chi connectivity index (χ4n) is 5.02. The molecule has 2 aliphatic heterocycles. The minimum absolute atomic E-state index is 0.544. The van der Waals surface area contributed by atoms with Crippen molar-refractivity contribution in [1.82, 2.24) is 4.90 Å². The van der Waals surface area contributed by atoms with Crippen LogP contribution in [0.2, 0.25) is 0 Å². The highest BCUT2D eigenvalue weighted by Crippen LogP contribution is 2.41. The van der Waals surface area contributed by atoms with Gasteiger partial charge >= 0.3 is 0 Å². The number of hydrogen-bond donors (Lipinski definition) is 1. The number of anilines is 1. The van der Waals surface area contributed by atoms with Gasteiger partial charge in [-0.15, -0.1) is 0 Å². The Labute approximate surface area is 146 Å². The summed E-state index contributed by atoms with van der Waals surface area (Å²) in [6, 6.07) is 10.1. The number of likely N-dealkylation sites (tertiary alicyclic amines) is 1. The summed E-state index contributed by atoms with van der Waals surface area (Å²) < 4.78 is 0. The van der Waals surface area contributed by atoms with Crippen LogP contribution in [0.15, 0.2) is 29.8 Å². The Kier molecular flexibility index (Phi) is 4.53. The summed E-state index contributed by atoms with van der Waals surface area (Å²) in [5.41, 5.74) is 11.8. The van der Waals surface area contributed by atoms with Crippen LogP contribution in [0.4, 0.5) is 5.69 Å². The molecule has 2 fully saturated rings. The third kappa shape index (κ3) is 2.83. The van der Waals surface area contributed by atoms with Crippen molar-refractivity contribution in [2.75, 3.05) is 25.0 Å². The number of para-hydroxylation sites is 1. The maximum Gasteiger partial charge on any atom is 0.0525 e. The lowest BCUT2D eigenvalue weighted by Gasteiger charge is -2.44. The second kappa shape index (κ2) is 6.79. The number of hydrogen-bond acceptors (Lipinski definition) is 3. The highest BCUT2D eigenvalue weighted by Gasteiger charge is 2.33. The zero-order valence-corrected chi connectivity index (χ0v) is 15.0. The normalized spacial score (nSPS) is 27.8. The lowest BCUT2D eigenvalue weighted by molar-refractivity contribution is 0.177. The molecule has 130 valence electrons. The first-order valence-electron chi connectivity index (χ1n) is 9.80. The summed E-state index contributed by atoms with van der Waals surface area (Å²) in [7, 11) is 2.30. The Bertz CT molecular complexity index is 621. The average molecular weight is 326 g/mol. The maximum atomic E-state index is 6.57. The molecule has 0 spiro atoms. The van der Waals surface area contributed by atoms with E-state index in [2.05, 4.69) is 41.1 Å². The van der Waals surface area contributed by atoms with E-state index in [0.717, 1.165) is 18.3 Å². The fraction of sp³-hybridized carbons (Fsp3) is 0.619. The van der Waals surface area contributed by atoms with E-state index in [0.29, 0.717) is 6.04 Å². The topological polar surface area (TPSA) is 32.5 Å². The van der Waals surface area contributed by atoms with Crippen LogP contribution in [0, 0.1) is 0 Å². The third-order valence-corrected chi connectivity index (χ3v) is 6.43. The quantitative estimate of drug-likeness (QED) is 0.912. The van der Waals surface area contributed by atoms with Crippen molar-refractivity contribution >= 4 is 11.4 Å². The molecule has 1 aromatic rings. The molecule has 1 aliphatic carbocycles. The molecule has 4 rings (SSSR count). The Morgan fingerprint density at radius 3 is 2.79 bits per heavy atom. The van der Waals surface area contributed by atoms with Crippen LogP contribution < -0.4 is 10.6 Å². The molecule has 1 saturated carbocycles. The summed E-state index contributed by atoms with van der Waals surface area (Å²) in [6.45, 7) is 2.43. The summed E-state index contributed by atoms with van der Waals surface area (Å²) in [5.74, 6) is 0. The molecule has 3 aliphatic rings. The van der Waals surface area contributed by atoms with E-state index in [1.807, 2.05) is 0 Å². The van der Waals surface area contributed by atoms with E-state index in [4.69, 9.17) is 5.73 Å². The van der Waals surface area contributed by atoms with Gasteiger partial charge in [0.15, 0.2) is 0 Å². The lowest BCUT2D eigenvalue weighted by atomic mass is 9.82. The van der Waals surface area contributed by atoms with Crippen molar-refractivity contribution in [3.05, 3.63) is 35.4 Å². The minimum atomic E-state index is 0.544. The molecule has 0 amide bonds. The Balaban J connectivity index is 1.59. The van der Waals surface area contributed by atoms with Gasteiger partial charge in [0.25, 0.3) is 0 Å². The van der Waals surface area contributed by atoms with Gasteiger partial charge in [0, 0.05) is 29.5 Å². The van der Waals surface area contributed by atoms with Gasteiger partial charge in [-0.3, -0.25) is 0 Å². The molecular weight excluding hydrogens is 294 g/mol. The number of fused-ring (bicyclic) bond motifs is 2. The van der Waals surface area contributed by atoms with E-state index >= 15 is 0 Å². The van der Waals surface area contributed by atoms with Crippen molar-refractivity contribution in [2.45, 2.75) is 63.5 Å². The molecule has 0 aromatic heterocycles.